The largest absolute Gasteiger partial charge is 0.433 e. The van der Waals surface area contributed by atoms with Gasteiger partial charge in [-0.15, -0.1) is 11.3 Å². The van der Waals surface area contributed by atoms with Crippen molar-refractivity contribution in [3.05, 3.63) is 11.1 Å². The Morgan fingerprint density at radius 2 is 2.30 bits per heavy atom. The number of thiazole rings is 1. The number of hydrogen-bond donors (Lipinski definition) is 1. The number of aromatic nitrogens is 1. The molecule has 9 heteroatoms. The highest BCUT2D eigenvalue weighted by Gasteiger charge is 2.16. The normalized spacial score (nSPS) is 11.7. The second-order valence-electron chi connectivity index (χ2n) is 3.85. The van der Waals surface area contributed by atoms with E-state index in [1.54, 1.807) is 0 Å². The van der Waals surface area contributed by atoms with Crippen molar-refractivity contribution in [1.29, 1.82) is 0 Å². The highest BCUT2D eigenvalue weighted by molar-refractivity contribution is 8.12. The first-order valence-corrected chi connectivity index (χ1v) is 10.1. The molecule has 1 aromatic rings. The van der Waals surface area contributed by atoms with Crippen molar-refractivity contribution in [3.8, 4) is 0 Å². The van der Waals surface area contributed by atoms with Crippen LogP contribution in [0.25, 0.3) is 0 Å². The number of anilines is 1. The first kappa shape index (κ1) is 17.1. The van der Waals surface area contributed by atoms with Crippen LogP contribution in [0.15, 0.2) is 10.5 Å². The molecule has 2 N–H and O–H groups in total. The summed E-state index contributed by atoms with van der Waals surface area (Å²) in [6.45, 7) is 4.16. The molecule has 0 aromatic carbocycles. The number of nitrogen functional groups attached to an aromatic ring is 1. The minimum Gasteiger partial charge on any atom is -0.433 e. The maximum Gasteiger partial charge on any atom is 0.356 e. The van der Waals surface area contributed by atoms with Gasteiger partial charge < -0.3 is 15.1 Å². The first-order chi connectivity index (χ1) is 9.49. The van der Waals surface area contributed by atoms with Crippen LogP contribution in [0.4, 0.5) is 5.13 Å². The van der Waals surface area contributed by atoms with Gasteiger partial charge in [-0.3, -0.25) is 0 Å². The van der Waals surface area contributed by atoms with Crippen LogP contribution >= 0.6 is 17.6 Å². The van der Waals surface area contributed by atoms with Crippen molar-refractivity contribution in [3.63, 3.8) is 0 Å². The van der Waals surface area contributed by atoms with Crippen LogP contribution in [0.2, 0.25) is 0 Å². The lowest BCUT2D eigenvalue weighted by Crippen LogP contribution is -2.07. The molecule has 1 rings (SSSR count). The number of carbonyl (C=O) groups is 1. The molecule has 0 aliphatic heterocycles. The quantitative estimate of drug-likeness (QED) is 0.339. The third-order valence-corrected chi connectivity index (χ3v) is 7.41. The topological polar surface area (TPSA) is 86.8 Å². The van der Waals surface area contributed by atoms with Crippen molar-refractivity contribution in [2.24, 2.45) is 5.16 Å². The highest BCUT2D eigenvalue weighted by Crippen LogP contribution is 2.46. The zero-order valence-corrected chi connectivity index (χ0v) is 14.0. The number of oxime groups is 1. The van der Waals surface area contributed by atoms with Gasteiger partial charge in [-0.25, -0.2) is 9.78 Å². The van der Waals surface area contributed by atoms with E-state index in [0.717, 1.165) is 11.9 Å². The van der Waals surface area contributed by atoms with Gasteiger partial charge in [0.15, 0.2) is 11.3 Å². The maximum atomic E-state index is 11.5. The summed E-state index contributed by atoms with van der Waals surface area (Å²) in [5.74, 6) is -0.546. The second kappa shape index (κ2) is 8.34. The number of carbonyl (C=O) groups excluding carboxylic acids is 1. The highest BCUT2D eigenvalue weighted by atomic mass is 32.4. The Bertz CT molecular complexity index is 511. The van der Waals surface area contributed by atoms with E-state index in [9.17, 15) is 4.79 Å². The van der Waals surface area contributed by atoms with Gasteiger partial charge in [-0.1, -0.05) is 30.8 Å². The lowest BCUT2D eigenvalue weighted by Gasteiger charge is -2.16. The third-order valence-electron chi connectivity index (χ3n) is 2.47. The van der Waals surface area contributed by atoms with Crippen LogP contribution in [0.3, 0.4) is 0 Å². The second-order valence-corrected chi connectivity index (χ2v) is 9.81. The van der Waals surface area contributed by atoms with Crippen LogP contribution in [-0.4, -0.2) is 36.1 Å². The Kier molecular flexibility index (Phi) is 7.12. The lowest BCUT2D eigenvalue weighted by molar-refractivity contribution is -0.126. The van der Waals surface area contributed by atoms with Gasteiger partial charge in [-0.05, 0) is 0 Å². The maximum absolute atomic E-state index is 11.5. The Morgan fingerprint density at radius 1 is 1.60 bits per heavy atom. The smallest absolute Gasteiger partial charge is 0.356 e. The van der Waals surface area contributed by atoms with Crippen LogP contribution in [0.5, 0.6) is 0 Å². The van der Waals surface area contributed by atoms with Crippen LogP contribution in [-0.2, 0) is 32.4 Å². The SMILES string of the molecule is CCP(=S)(CC)OC(=O)/C=N\OCCc1csc(N)n1. The first-order valence-electron chi connectivity index (χ1n) is 6.16. The van der Waals surface area contributed by atoms with E-state index in [1.165, 1.54) is 11.3 Å². The predicted octanol–water partition coefficient (Wildman–Crippen LogP) is 2.25. The molecular formula is C11H18N3O3PS2. The van der Waals surface area contributed by atoms with Gasteiger partial charge >= 0.3 is 5.97 Å². The fourth-order valence-corrected chi connectivity index (χ4v) is 3.16. The van der Waals surface area contributed by atoms with Gasteiger partial charge in [0.1, 0.15) is 12.9 Å². The summed E-state index contributed by atoms with van der Waals surface area (Å²) in [6.07, 6.45) is 0.948. The Morgan fingerprint density at radius 3 is 2.85 bits per heavy atom. The van der Waals surface area contributed by atoms with E-state index in [-0.39, 0.29) is 0 Å². The average Bonchev–Trinajstić information content (AvgIpc) is 2.84. The molecule has 0 unspecified atom stereocenters. The van der Waals surface area contributed by atoms with E-state index >= 15 is 0 Å². The summed E-state index contributed by atoms with van der Waals surface area (Å²) in [5.41, 5.74) is 6.35. The van der Waals surface area contributed by atoms with E-state index in [2.05, 4.69) is 10.1 Å². The molecule has 0 spiro atoms. The van der Waals surface area contributed by atoms with Crippen LogP contribution < -0.4 is 5.73 Å². The zero-order valence-electron chi connectivity index (χ0n) is 11.4. The molecule has 20 heavy (non-hydrogen) atoms. The summed E-state index contributed by atoms with van der Waals surface area (Å²) in [7, 11) is 0. The Hall–Kier alpha value is -0.980. The monoisotopic (exact) mass is 335 g/mol. The summed E-state index contributed by atoms with van der Waals surface area (Å²) in [5, 5.41) is 5.94. The van der Waals surface area contributed by atoms with Gasteiger partial charge in [-0.2, -0.15) is 0 Å². The molecule has 0 atom stereocenters. The molecule has 6 nitrogen and oxygen atoms in total. The minimum atomic E-state index is -2.02. The molecule has 112 valence electrons. The average molecular weight is 335 g/mol. The number of rotatable bonds is 8. The molecule has 1 heterocycles. The summed E-state index contributed by atoms with van der Waals surface area (Å²) in [4.78, 5) is 20.5. The summed E-state index contributed by atoms with van der Waals surface area (Å²) < 4.78 is 5.23. The number of nitrogens with two attached hydrogens (primary N) is 1. The van der Waals surface area contributed by atoms with Gasteiger partial charge in [0.05, 0.1) is 5.69 Å². The molecule has 0 saturated carbocycles. The van der Waals surface area contributed by atoms with E-state index in [1.807, 2.05) is 19.2 Å². The number of nitrogens with zero attached hydrogens (tertiary/aromatic N) is 2. The van der Waals surface area contributed by atoms with E-state index in [4.69, 9.17) is 26.9 Å². The predicted molar refractivity (Wildman–Crippen MR) is 86.1 cm³/mol. The standard InChI is InChI=1S/C11H18N3O3PS2/c1-3-18(19,4-2)17-10(15)7-13-16-6-5-9-8-20-11(12)14-9/h7-8H,3-6H2,1-2H3,(H2,12,14)/b13-7-. The fraction of sp³-hybridized carbons (Fsp3) is 0.545. The number of hydrogen-bond acceptors (Lipinski definition) is 8. The van der Waals surface area contributed by atoms with Crippen molar-refractivity contribution >= 4 is 46.7 Å². The molecule has 0 bridgehead atoms. The molecule has 0 aliphatic rings. The molecule has 0 radical (unpaired) electrons. The summed E-state index contributed by atoms with van der Waals surface area (Å²) >= 11 is 6.67. The molecular weight excluding hydrogens is 317 g/mol. The fourth-order valence-electron chi connectivity index (χ4n) is 1.26. The molecule has 0 amide bonds. The summed E-state index contributed by atoms with van der Waals surface area (Å²) in [6, 6.07) is 0. The van der Waals surface area contributed by atoms with Crippen molar-refractivity contribution in [2.75, 3.05) is 24.7 Å². The van der Waals surface area contributed by atoms with Crippen molar-refractivity contribution in [2.45, 2.75) is 20.3 Å². The van der Waals surface area contributed by atoms with Crippen LogP contribution in [0.1, 0.15) is 19.5 Å². The van der Waals surface area contributed by atoms with Crippen molar-refractivity contribution < 1.29 is 14.2 Å². The Balaban J connectivity index is 2.27. The Labute approximate surface area is 127 Å². The molecule has 0 saturated heterocycles. The van der Waals surface area contributed by atoms with E-state index in [0.29, 0.717) is 30.5 Å². The zero-order chi connectivity index (χ0) is 15.0. The lowest BCUT2D eigenvalue weighted by atomic mass is 10.4. The minimum absolute atomic E-state index is 0.322. The van der Waals surface area contributed by atoms with Crippen LogP contribution in [0, 0.1) is 0 Å². The van der Waals surface area contributed by atoms with Gasteiger partial charge in [0, 0.05) is 24.1 Å². The molecule has 1 aromatic heterocycles. The molecule has 0 aliphatic carbocycles. The van der Waals surface area contributed by atoms with Gasteiger partial charge in [0.25, 0.3) is 0 Å². The third kappa shape index (κ3) is 5.98. The van der Waals surface area contributed by atoms with Crippen molar-refractivity contribution in [1.82, 2.24) is 4.98 Å². The molecule has 0 fully saturated rings. The van der Waals surface area contributed by atoms with E-state index < -0.39 is 12.2 Å². The van der Waals surface area contributed by atoms with Gasteiger partial charge in [0.2, 0.25) is 0 Å².